The van der Waals surface area contributed by atoms with Crippen molar-refractivity contribution < 1.29 is 5.11 Å². The first-order chi connectivity index (χ1) is 9.25. The van der Waals surface area contributed by atoms with Crippen LogP contribution >= 0.6 is 0 Å². The van der Waals surface area contributed by atoms with Crippen molar-refractivity contribution in [3.8, 4) is 5.75 Å². The number of nitrogen functional groups attached to an aromatic ring is 1. The zero-order valence-electron chi connectivity index (χ0n) is 10.3. The van der Waals surface area contributed by atoms with E-state index in [2.05, 4.69) is 5.32 Å². The molecule has 3 rings (SSSR count). The molecule has 0 aliphatic heterocycles. The van der Waals surface area contributed by atoms with E-state index in [4.69, 9.17) is 5.73 Å². The van der Waals surface area contributed by atoms with Gasteiger partial charge in [-0.1, -0.05) is 42.5 Å². The summed E-state index contributed by atoms with van der Waals surface area (Å²) in [6.45, 7) is 0. The van der Waals surface area contributed by atoms with Crippen LogP contribution in [0.15, 0.2) is 60.7 Å². The van der Waals surface area contributed by atoms with E-state index in [-0.39, 0.29) is 5.75 Å². The number of aromatic hydroxyl groups is 1. The maximum absolute atomic E-state index is 10.3. The van der Waals surface area contributed by atoms with Crippen LogP contribution in [0.25, 0.3) is 10.8 Å². The predicted octanol–water partition coefficient (Wildman–Crippen LogP) is 3.87. The molecule has 0 saturated carbocycles. The number of benzene rings is 3. The summed E-state index contributed by atoms with van der Waals surface area (Å²) in [5, 5.41) is 15.2. The fourth-order valence-corrected chi connectivity index (χ4v) is 2.15. The summed E-state index contributed by atoms with van der Waals surface area (Å²) in [4.78, 5) is 0. The van der Waals surface area contributed by atoms with Crippen LogP contribution in [0.5, 0.6) is 5.75 Å². The lowest BCUT2D eigenvalue weighted by Gasteiger charge is -2.13. The largest absolute Gasteiger partial charge is 0.505 e. The Morgan fingerprint density at radius 2 is 1.58 bits per heavy atom. The average Bonchev–Trinajstić information content (AvgIpc) is 2.45. The van der Waals surface area contributed by atoms with Gasteiger partial charge in [0.2, 0.25) is 0 Å². The molecule has 0 aliphatic rings. The number of phenolic OH excluding ortho intramolecular Hbond substituents is 1. The highest BCUT2D eigenvalue weighted by Gasteiger charge is 2.10. The van der Waals surface area contributed by atoms with Crippen molar-refractivity contribution in [1.82, 2.24) is 0 Å². The van der Waals surface area contributed by atoms with Crippen LogP contribution in [0.1, 0.15) is 0 Å². The van der Waals surface area contributed by atoms with Gasteiger partial charge in [-0.15, -0.1) is 0 Å². The van der Waals surface area contributed by atoms with E-state index >= 15 is 0 Å². The molecule has 0 radical (unpaired) electrons. The Balaban J connectivity index is 2.13. The lowest BCUT2D eigenvalue weighted by molar-refractivity contribution is 0.484. The molecule has 3 aromatic rings. The number of rotatable bonds is 2. The van der Waals surface area contributed by atoms with Gasteiger partial charge in [-0.25, -0.2) is 0 Å². The van der Waals surface area contributed by atoms with Crippen LogP contribution in [0.4, 0.5) is 17.1 Å². The van der Waals surface area contributed by atoms with Gasteiger partial charge in [0, 0.05) is 11.1 Å². The highest BCUT2D eigenvalue weighted by atomic mass is 16.3. The first kappa shape index (κ1) is 11.4. The molecule has 4 N–H and O–H groups in total. The predicted molar refractivity (Wildman–Crippen MR) is 79.7 cm³/mol. The van der Waals surface area contributed by atoms with E-state index in [1.165, 1.54) is 0 Å². The molecule has 0 atom stereocenters. The molecule has 94 valence electrons. The zero-order chi connectivity index (χ0) is 13.2. The first-order valence-electron chi connectivity index (χ1n) is 6.08. The van der Waals surface area contributed by atoms with E-state index in [1.807, 2.05) is 60.7 Å². The van der Waals surface area contributed by atoms with Crippen molar-refractivity contribution in [2.45, 2.75) is 0 Å². The summed E-state index contributed by atoms with van der Waals surface area (Å²) in [6, 6.07) is 19.1. The number of para-hydroxylation sites is 1. The minimum atomic E-state index is 0.180. The summed E-state index contributed by atoms with van der Waals surface area (Å²) in [6.07, 6.45) is 0. The van der Waals surface area contributed by atoms with Crippen LogP contribution in [-0.2, 0) is 0 Å². The van der Waals surface area contributed by atoms with Gasteiger partial charge in [0.1, 0.15) is 11.4 Å². The van der Waals surface area contributed by atoms with E-state index < -0.39 is 0 Å². The fraction of sp³-hybridized carbons (Fsp3) is 0. The molecule has 0 spiro atoms. The van der Waals surface area contributed by atoms with Crippen LogP contribution < -0.4 is 11.1 Å². The van der Waals surface area contributed by atoms with E-state index in [9.17, 15) is 5.11 Å². The SMILES string of the molecule is Nc1cc2ccccc2c(O)c1Nc1ccccc1. The quantitative estimate of drug-likeness (QED) is 0.478. The highest BCUT2D eigenvalue weighted by molar-refractivity contribution is 5.99. The molecular formula is C16H14N2O. The lowest BCUT2D eigenvalue weighted by atomic mass is 10.1. The van der Waals surface area contributed by atoms with Crippen LogP contribution in [0.2, 0.25) is 0 Å². The maximum atomic E-state index is 10.3. The molecule has 0 fully saturated rings. The average molecular weight is 250 g/mol. The number of hydrogen-bond donors (Lipinski definition) is 3. The Labute approximate surface area is 111 Å². The highest BCUT2D eigenvalue weighted by Crippen LogP contribution is 2.39. The third-order valence-corrected chi connectivity index (χ3v) is 3.10. The first-order valence-corrected chi connectivity index (χ1v) is 6.08. The van der Waals surface area contributed by atoms with Gasteiger partial charge in [0.15, 0.2) is 0 Å². The summed E-state index contributed by atoms with van der Waals surface area (Å²) < 4.78 is 0. The summed E-state index contributed by atoms with van der Waals surface area (Å²) in [5.41, 5.74) is 7.98. The topological polar surface area (TPSA) is 58.3 Å². The van der Waals surface area contributed by atoms with Gasteiger partial charge in [-0.05, 0) is 23.6 Å². The second-order valence-electron chi connectivity index (χ2n) is 4.40. The molecule has 3 heteroatoms. The lowest BCUT2D eigenvalue weighted by Crippen LogP contribution is -1.97. The number of anilines is 3. The molecule has 0 aliphatic carbocycles. The van der Waals surface area contributed by atoms with Gasteiger partial charge in [0.05, 0.1) is 5.69 Å². The van der Waals surface area contributed by atoms with Gasteiger partial charge in [-0.2, -0.15) is 0 Å². The third-order valence-electron chi connectivity index (χ3n) is 3.10. The van der Waals surface area contributed by atoms with E-state index in [0.29, 0.717) is 11.4 Å². The Kier molecular flexibility index (Phi) is 2.72. The molecule has 19 heavy (non-hydrogen) atoms. The summed E-state index contributed by atoms with van der Waals surface area (Å²) in [7, 11) is 0. The molecule has 0 amide bonds. The standard InChI is InChI=1S/C16H14N2O/c17-14-10-11-6-4-5-9-13(11)16(19)15(14)18-12-7-2-1-3-8-12/h1-10,18-19H,17H2. The molecule has 0 bridgehead atoms. The second-order valence-corrected chi connectivity index (χ2v) is 4.40. The monoisotopic (exact) mass is 250 g/mol. The van der Waals surface area contributed by atoms with Crippen molar-refractivity contribution in [3.63, 3.8) is 0 Å². The normalized spacial score (nSPS) is 10.5. The number of fused-ring (bicyclic) bond motifs is 1. The molecular weight excluding hydrogens is 236 g/mol. The number of nitrogens with one attached hydrogen (secondary N) is 1. The van der Waals surface area contributed by atoms with Crippen LogP contribution in [0.3, 0.4) is 0 Å². The van der Waals surface area contributed by atoms with Crippen LogP contribution in [-0.4, -0.2) is 5.11 Å². The summed E-state index contributed by atoms with van der Waals surface area (Å²) >= 11 is 0. The molecule has 3 aromatic carbocycles. The maximum Gasteiger partial charge on any atom is 0.148 e. The van der Waals surface area contributed by atoms with E-state index in [1.54, 1.807) is 0 Å². The minimum absolute atomic E-state index is 0.180. The molecule has 0 unspecified atom stereocenters. The van der Waals surface area contributed by atoms with Crippen molar-refractivity contribution in [2.75, 3.05) is 11.1 Å². The fourth-order valence-electron chi connectivity index (χ4n) is 2.15. The number of nitrogens with two attached hydrogens (primary N) is 1. The van der Waals surface area contributed by atoms with E-state index in [0.717, 1.165) is 16.5 Å². The third kappa shape index (κ3) is 2.06. The second kappa shape index (κ2) is 4.53. The van der Waals surface area contributed by atoms with Gasteiger partial charge in [0.25, 0.3) is 0 Å². The molecule has 0 heterocycles. The Morgan fingerprint density at radius 3 is 2.37 bits per heavy atom. The zero-order valence-corrected chi connectivity index (χ0v) is 10.3. The van der Waals surface area contributed by atoms with Gasteiger partial charge in [-0.3, -0.25) is 0 Å². The minimum Gasteiger partial charge on any atom is -0.505 e. The Hall–Kier alpha value is -2.68. The molecule has 3 nitrogen and oxygen atoms in total. The van der Waals surface area contributed by atoms with Gasteiger partial charge < -0.3 is 16.2 Å². The van der Waals surface area contributed by atoms with Crippen molar-refractivity contribution in [1.29, 1.82) is 0 Å². The smallest absolute Gasteiger partial charge is 0.148 e. The van der Waals surface area contributed by atoms with Crippen molar-refractivity contribution in [3.05, 3.63) is 60.7 Å². The Bertz CT molecular complexity index is 723. The van der Waals surface area contributed by atoms with Crippen molar-refractivity contribution in [2.24, 2.45) is 0 Å². The van der Waals surface area contributed by atoms with Gasteiger partial charge >= 0.3 is 0 Å². The molecule has 0 saturated heterocycles. The van der Waals surface area contributed by atoms with Crippen LogP contribution in [0, 0.1) is 0 Å². The number of hydrogen-bond acceptors (Lipinski definition) is 3. The molecule has 0 aromatic heterocycles. The number of phenols is 1. The summed E-state index contributed by atoms with van der Waals surface area (Å²) in [5.74, 6) is 0.180. The van der Waals surface area contributed by atoms with Crippen molar-refractivity contribution >= 4 is 27.8 Å². The Morgan fingerprint density at radius 1 is 0.895 bits per heavy atom.